The molecule has 7 heteroatoms. The molecule has 4 aromatic rings. The predicted octanol–water partition coefficient (Wildman–Crippen LogP) is 3.77. The van der Waals surface area contributed by atoms with E-state index in [0.29, 0.717) is 5.82 Å². The van der Waals surface area contributed by atoms with Crippen LogP contribution in [0.4, 0.5) is 0 Å². The number of imidazole rings is 1. The van der Waals surface area contributed by atoms with Gasteiger partial charge in [0, 0.05) is 48.5 Å². The lowest BCUT2D eigenvalue weighted by Crippen LogP contribution is -2.43. The topological polar surface area (TPSA) is 64.7 Å². The molecule has 0 aliphatic heterocycles. The largest absolute Gasteiger partial charge is 0.496 e. The van der Waals surface area contributed by atoms with Gasteiger partial charge in [0.2, 0.25) is 5.82 Å². The van der Waals surface area contributed by atoms with Crippen LogP contribution in [0.3, 0.4) is 0 Å². The molecule has 0 bridgehead atoms. The molecule has 0 N–H and O–H groups in total. The van der Waals surface area contributed by atoms with Gasteiger partial charge in [-0.1, -0.05) is 0 Å². The zero-order valence-electron chi connectivity index (χ0n) is 17.6. The van der Waals surface area contributed by atoms with E-state index in [-0.39, 0.29) is 11.4 Å². The number of hydrogen-bond donors (Lipinski definition) is 0. The van der Waals surface area contributed by atoms with Crippen LogP contribution < -0.4 is 4.74 Å². The summed E-state index contributed by atoms with van der Waals surface area (Å²) in [6.45, 7) is 6.01. The van der Waals surface area contributed by atoms with Crippen molar-refractivity contribution in [2.24, 2.45) is 7.05 Å². The van der Waals surface area contributed by atoms with Gasteiger partial charge in [0.25, 0.3) is 5.91 Å². The molecule has 0 saturated heterocycles. The highest BCUT2D eigenvalue weighted by Crippen LogP contribution is 2.35. The molecule has 1 amide bonds. The first kappa shape index (κ1) is 19.0. The molecule has 0 saturated carbocycles. The maximum Gasteiger partial charge on any atom is 0.290 e. The van der Waals surface area contributed by atoms with Crippen LogP contribution in [0.25, 0.3) is 27.4 Å². The molecular formula is C22H25N5O2. The Morgan fingerprint density at radius 1 is 1.21 bits per heavy atom. The molecule has 0 radical (unpaired) electrons. The van der Waals surface area contributed by atoms with Gasteiger partial charge in [0.05, 0.1) is 25.0 Å². The van der Waals surface area contributed by atoms with Crippen molar-refractivity contribution < 1.29 is 9.53 Å². The number of methoxy groups -OCH3 is 1. The molecule has 4 rings (SSSR count). The summed E-state index contributed by atoms with van der Waals surface area (Å²) in [4.78, 5) is 19.2. The number of pyridine rings is 1. The molecule has 150 valence electrons. The van der Waals surface area contributed by atoms with Crippen molar-refractivity contribution in [1.29, 1.82) is 0 Å². The minimum atomic E-state index is -0.291. The summed E-state index contributed by atoms with van der Waals surface area (Å²) in [7, 11) is 5.35. The molecular weight excluding hydrogens is 366 g/mol. The van der Waals surface area contributed by atoms with Crippen molar-refractivity contribution in [1.82, 2.24) is 24.1 Å². The second-order valence-electron chi connectivity index (χ2n) is 8.23. The molecule has 29 heavy (non-hydrogen) atoms. The van der Waals surface area contributed by atoms with Crippen LogP contribution in [0.1, 0.15) is 31.4 Å². The van der Waals surface area contributed by atoms with Gasteiger partial charge in [-0.25, -0.2) is 4.98 Å². The molecule has 1 aromatic carbocycles. The first-order valence-corrected chi connectivity index (χ1v) is 9.45. The summed E-state index contributed by atoms with van der Waals surface area (Å²) in [5, 5.41) is 6.29. The molecule has 0 atom stereocenters. The number of aromatic nitrogens is 4. The van der Waals surface area contributed by atoms with E-state index in [2.05, 4.69) is 16.1 Å². The number of benzene rings is 1. The van der Waals surface area contributed by atoms with Crippen molar-refractivity contribution in [3.63, 3.8) is 0 Å². The fourth-order valence-corrected chi connectivity index (χ4v) is 3.39. The van der Waals surface area contributed by atoms with Crippen LogP contribution in [0.5, 0.6) is 5.75 Å². The molecule has 0 spiro atoms. The second-order valence-corrected chi connectivity index (χ2v) is 8.23. The minimum Gasteiger partial charge on any atom is -0.496 e. The van der Waals surface area contributed by atoms with Gasteiger partial charge in [-0.05, 0) is 44.4 Å². The quantitative estimate of drug-likeness (QED) is 0.533. The zero-order chi connectivity index (χ0) is 20.9. The molecule has 3 aromatic heterocycles. The SMILES string of the molecule is COc1cc2ccn3c(C(=O)N(C)C(C)(C)C)ncc3c2cc1-c1cnn(C)c1. The average Bonchev–Trinajstić information content (AvgIpc) is 3.31. The Balaban J connectivity index is 1.92. The van der Waals surface area contributed by atoms with Gasteiger partial charge in [0.15, 0.2) is 0 Å². The van der Waals surface area contributed by atoms with Crippen molar-refractivity contribution in [3.8, 4) is 16.9 Å². The monoisotopic (exact) mass is 391 g/mol. The van der Waals surface area contributed by atoms with E-state index < -0.39 is 0 Å². The third kappa shape index (κ3) is 3.12. The Morgan fingerprint density at radius 2 is 1.97 bits per heavy atom. The number of rotatable bonds is 3. The lowest BCUT2D eigenvalue weighted by molar-refractivity contribution is 0.0642. The normalized spacial score (nSPS) is 11.9. The fraction of sp³-hybridized carbons (Fsp3) is 0.318. The van der Waals surface area contributed by atoms with E-state index >= 15 is 0 Å². The van der Waals surface area contributed by atoms with E-state index in [4.69, 9.17) is 4.74 Å². The fourth-order valence-electron chi connectivity index (χ4n) is 3.39. The Labute approximate surface area is 169 Å². The average molecular weight is 391 g/mol. The van der Waals surface area contributed by atoms with Crippen LogP contribution in [-0.4, -0.2) is 49.7 Å². The van der Waals surface area contributed by atoms with Crippen LogP contribution in [0, 0.1) is 0 Å². The summed E-state index contributed by atoms with van der Waals surface area (Å²) in [5.41, 5.74) is 2.50. The standard InChI is InChI=1S/C22H25N5O2/c1-22(2,3)26(5)21(28)20-23-12-18-16-10-17(15-11-24-25(4)13-15)19(29-6)9-14(16)7-8-27(18)20/h7-13H,1-6H3. The van der Waals surface area contributed by atoms with Crippen molar-refractivity contribution in [2.45, 2.75) is 26.3 Å². The number of hydrogen-bond acceptors (Lipinski definition) is 4. The third-order valence-electron chi connectivity index (χ3n) is 5.37. The third-order valence-corrected chi connectivity index (χ3v) is 5.37. The van der Waals surface area contributed by atoms with E-state index in [1.165, 1.54) is 0 Å². The van der Waals surface area contributed by atoms with Crippen LogP contribution in [0.2, 0.25) is 0 Å². The number of aryl methyl sites for hydroxylation is 1. The maximum atomic E-state index is 13.0. The summed E-state index contributed by atoms with van der Waals surface area (Å²) in [5.74, 6) is 1.06. The van der Waals surface area contributed by atoms with Gasteiger partial charge in [-0.15, -0.1) is 0 Å². The van der Waals surface area contributed by atoms with E-state index in [1.54, 1.807) is 29.9 Å². The Bertz CT molecular complexity index is 1230. The predicted molar refractivity (Wildman–Crippen MR) is 113 cm³/mol. The summed E-state index contributed by atoms with van der Waals surface area (Å²) >= 11 is 0. The summed E-state index contributed by atoms with van der Waals surface area (Å²) in [6.07, 6.45) is 7.41. The minimum absolute atomic E-state index is 0.113. The van der Waals surface area contributed by atoms with E-state index in [9.17, 15) is 4.79 Å². The van der Waals surface area contributed by atoms with Crippen LogP contribution in [0.15, 0.2) is 43.0 Å². The van der Waals surface area contributed by atoms with E-state index in [0.717, 1.165) is 33.2 Å². The summed E-state index contributed by atoms with van der Waals surface area (Å²) in [6, 6.07) is 6.06. The zero-order valence-corrected chi connectivity index (χ0v) is 17.6. The summed E-state index contributed by atoms with van der Waals surface area (Å²) < 4.78 is 9.24. The molecule has 7 nitrogen and oxygen atoms in total. The number of carbonyl (C=O) groups excluding carboxylic acids is 1. The van der Waals surface area contributed by atoms with E-state index in [1.807, 2.05) is 62.9 Å². The lowest BCUT2D eigenvalue weighted by Gasteiger charge is -2.31. The first-order valence-electron chi connectivity index (χ1n) is 9.45. The number of nitrogens with zero attached hydrogens (tertiary/aromatic N) is 5. The molecule has 0 aliphatic rings. The highest BCUT2D eigenvalue weighted by atomic mass is 16.5. The molecule has 0 unspecified atom stereocenters. The van der Waals surface area contributed by atoms with Crippen molar-refractivity contribution in [3.05, 3.63) is 48.8 Å². The van der Waals surface area contributed by atoms with Gasteiger partial charge in [0.1, 0.15) is 5.75 Å². The van der Waals surface area contributed by atoms with Crippen LogP contribution in [-0.2, 0) is 7.05 Å². The second kappa shape index (κ2) is 6.62. The first-order chi connectivity index (χ1) is 13.7. The number of carbonyl (C=O) groups is 1. The highest BCUT2D eigenvalue weighted by molar-refractivity contribution is 6.02. The van der Waals surface area contributed by atoms with Gasteiger partial charge in [-0.3, -0.25) is 13.9 Å². The van der Waals surface area contributed by atoms with Crippen molar-refractivity contribution in [2.75, 3.05) is 14.2 Å². The number of fused-ring (bicyclic) bond motifs is 3. The van der Waals surface area contributed by atoms with Crippen LogP contribution >= 0.6 is 0 Å². The maximum absolute atomic E-state index is 13.0. The van der Waals surface area contributed by atoms with Gasteiger partial charge >= 0.3 is 0 Å². The molecule has 0 fully saturated rings. The van der Waals surface area contributed by atoms with Crippen molar-refractivity contribution >= 4 is 22.2 Å². The number of ether oxygens (including phenoxy) is 1. The Hall–Kier alpha value is -3.35. The molecule has 0 aliphatic carbocycles. The van der Waals surface area contributed by atoms with Gasteiger partial charge < -0.3 is 9.64 Å². The lowest BCUT2D eigenvalue weighted by atomic mass is 10.0. The highest BCUT2D eigenvalue weighted by Gasteiger charge is 2.26. The van der Waals surface area contributed by atoms with Gasteiger partial charge in [-0.2, -0.15) is 5.10 Å². The molecule has 3 heterocycles. The smallest absolute Gasteiger partial charge is 0.290 e. The number of amides is 1. The Morgan fingerprint density at radius 3 is 2.59 bits per heavy atom. The Kier molecular flexibility index (Phi) is 4.33.